The lowest BCUT2D eigenvalue weighted by Crippen LogP contribution is -2.14. The fourth-order valence-corrected chi connectivity index (χ4v) is 1.84. The first-order valence-corrected chi connectivity index (χ1v) is 6.45. The Hall–Kier alpha value is -2.63. The minimum Gasteiger partial charge on any atom is -0.462 e. The number of anilines is 3. The average molecular weight is 289 g/mol. The van der Waals surface area contributed by atoms with E-state index in [9.17, 15) is 9.18 Å². The zero-order chi connectivity index (χ0) is 15.4. The molecule has 2 aromatic rings. The molecule has 6 heteroatoms. The minimum absolute atomic E-state index is 0.241. The van der Waals surface area contributed by atoms with Gasteiger partial charge in [0.1, 0.15) is 11.6 Å². The molecular weight excluding hydrogens is 273 g/mol. The van der Waals surface area contributed by atoms with Gasteiger partial charge in [0, 0.05) is 12.7 Å². The van der Waals surface area contributed by atoms with Gasteiger partial charge in [0.05, 0.1) is 24.1 Å². The molecule has 0 atom stereocenters. The van der Waals surface area contributed by atoms with E-state index in [0.29, 0.717) is 11.5 Å². The van der Waals surface area contributed by atoms with Gasteiger partial charge in [-0.15, -0.1) is 0 Å². The van der Waals surface area contributed by atoms with Gasteiger partial charge in [-0.25, -0.2) is 14.2 Å². The molecule has 2 rings (SSSR count). The molecule has 1 aromatic heterocycles. The fourth-order valence-electron chi connectivity index (χ4n) is 1.84. The van der Waals surface area contributed by atoms with Crippen LogP contribution in [-0.2, 0) is 4.74 Å². The molecule has 110 valence electrons. The third kappa shape index (κ3) is 3.28. The van der Waals surface area contributed by atoms with Gasteiger partial charge in [-0.3, -0.25) is 0 Å². The number of aromatic nitrogens is 1. The maximum absolute atomic E-state index is 13.3. The quantitative estimate of drug-likeness (QED) is 0.876. The Morgan fingerprint density at radius 3 is 2.86 bits per heavy atom. The highest BCUT2D eigenvalue weighted by Crippen LogP contribution is 2.25. The first-order valence-electron chi connectivity index (χ1n) is 6.45. The van der Waals surface area contributed by atoms with Crippen molar-refractivity contribution in [3.63, 3.8) is 0 Å². The Morgan fingerprint density at radius 2 is 2.19 bits per heavy atom. The van der Waals surface area contributed by atoms with E-state index in [-0.39, 0.29) is 23.7 Å². The normalized spacial score (nSPS) is 10.2. The Balaban J connectivity index is 2.36. The summed E-state index contributed by atoms with van der Waals surface area (Å²) in [6, 6.07) is 7.61. The van der Waals surface area contributed by atoms with Gasteiger partial charge in [-0.1, -0.05) is 6.07 Å². The van der Waals surface area contributed by atoms with E-state index in [0.717, 1.165) is 0 Å². The van der Waals surface area contributed by atoms with Crippen molar-refractivity contribution in [2.24, 2.45) is 0 Å². The third-order valence-electron chi connectivity index (χ3n) is 2.95. The van der Waals surface area contributed by atoms with E-state index in [4.69, 9.17) is 10.5 Å². The summed E-state index contributed by atoms with van der Waals surface area (Å²) in [7, 11) is 1.72. The number of nitrogens with zero attached hydrogens (tertiary/aromatic N) is 2. The van der Waals surface area contributed by atoms with Crippen LogP contribution in [0.25, 0.3) is 0 Å². The lowest BCUT2D eigenvalue weighted by Gasteiger charge is -2.19. The average Bonchev–Trinajstić information content (AvgIpc) is 2.47. The van der Waals surface area contributed by atoms with Crippen molar-refractivity contribution in [1.29, 1.82) is 0 Å². The fraction of sp³-hybridized carbons (Fsp3) is 0.200. The predicted molar refractivity (Wildman–Crippen MR) is 79.1 cm³/mol. The maximum Gasteiger partial charge on any atom is 0.340 e. The summed E-state index contributed by atoms with van der Waals surface area (Å²) in [5.74, 6) is -0.385. The number of nitrogens with two attached hydrogens (primary N) is 1. The molecule has 0 radical (unpaired) electrons. The number of hydrogen-bond acceptors (Lipinski definition) is 5. The maximum atomic E-state index is 13.3. The van der Waals surface area contributed by atoms with Gasteiger partial charge in [0.2, 0.25) is 0 Å². The van der Waals surface area contributed by atoms with Gasteiger partial charge in [-0.05, 0) is 31.2 Å². The Bertz CT molecular complexity index is 661. The molecule has 2 N–H and O–H groups in total. The van der Waals surface area contributed by atoms with Crippen LogP contribution in [0.5, 0.6) is 0 Å². The smallest absolute Gasteiger partial charge is 0.340 e. The van der Waals surface area contributed by atoms with Crippen molar-refractivity contribution in [1.82, 2.24) is 4.98 Å². The van der Waals surface area contributed by atoms with Crippen LogP contribution in [0.4, 0.5) is 21.6 Å². The van der Waals surface area contributed by atoms with Crippen LogP contribution in [0.3, 0.4) is 0 Å². The largest absolute Gasteiger partial charge is 0.462 e. The molecule has 21 heavy (non-hydrogen) atoms. The van der Waals surface area contributed by atoms with E-state index in [1.807, 2.05) is 0 Å². The number of carbonyl (C=O) groups is 1. The molecule has 0 aliphatic heterocycles. The van der Waals surface area contributed by atoms with Crippen LogP contribution < -0.4 is 10.6 Å². The van der Waals surface area contributed by atoms with Gasteiger partial charge in [-0.2, -0.15) is 0 Å². The Kier molecular flexibility index (Phi) is 4.37. The predicted octanol–water partition coefficient (Wildman–Crippen LogP) is 2.75. The molecule has 1 heterocycles. The minimum atomic E-state index is -0.508. The summed E-state index contributed by atoms with van der Waals surface area (Å²) in [6.45, 7) is 1.98. The van der Waals surface area contributed by atoms with Crippen LogP contribution in [0, 0.1) is 5.82 Å². The molecule has 0 amide bonds. The Morgan fingerprint density at radius 1 is 1.43 bits per heavy atom. The first-order chi connectivity index (χ1) is 10.0. The first kappa shape index (κ1) is 14.8. The van der Waals surface area contributed by atoms with Crippen molar-refractivity contribution in [2.75, 3.05) is 24.3 Å². The standard InChI is InChI=1S/C15H16FN3O2/c1-3-21-15(20)12-8-14(18-9-13(12)17)19(2)11-6-4-5-10(16)7-11/h4-9H,3,17H2,1-2H3. The van der Waals surface area contributed by atoms with Crippen LogP contribution in [0.15, 0.2) is 36.5 Å². The number of carbonyl (C=O) groups excluding carboxylic acids is 1. The number of esters is 1. The van der Waals surface area contributed by atoms with Crippen LogP contribution in [0.1, 0.15) is 17.3 Å². The topological polar surface area (TPSA) is 68.5 Å². The monoisotopic (exact) mass is 289 g/mol. The molecule has 0 spiro atoms. The zero-order valence-corrected chi connectivity index (χ0v) is 11.8. The van der Waals surface area contributed by atoms with Crippen molar-refractivity contribution in [3.8, 4) is 0 Å². The van der Waals surface area contributed by atoms with E-state index in [2.05, 4.69) is 4.98 Å². The number of benzene rings is 1. The number of hydrogen-bond donors (Lipinski definition) is 1. The van der Waals surface area contributed by atoms with Crippen molar-refractivity contribution >= 4 is 23.2 Å². The summed E-state index contributed by atoms with van der Waals surface area (Å²) in [5.41, 5.74) is 6.84. The lowest BCUT2D eigenvalue weighted by molar-refractivity contribution is 0.0527. The second-order valence-corrected chi connectivity index (χ2v) is 4.39. The third-order valence-corrected chi connectivity index (χ3v) is 2.95. The number of pyridine rings is 1. The molecule has 0 unspecified atom stereocenters. The SMILES string of the molecule is CCOC(=O)c1cc(N(C)c2cccc(F)c2)ncc1N. The highest BCUT2D eigenvalue weighted by Gasteiger charge is 2.15. The van der Waals surface area contributed by atoms with E-state index < -0.39 is 5.97 Å². The summed E-state index contributed by atoms with van der Waals surface area (Å²) in [6.07, 6.45) is 1.39. The van der Waals surface area contributed by atoms with Crippen molar-refractivity contribution in [2.45, 2.75) is 6.92 Å². The molecule has 0 saturated heterocycles. The molecular formula is C15H16FN3O2. The van der Waals surface area contributed by atoms with Crippen LogP contribution >= 0.6 is 0 Å². The van der Waals surface area contributed by atoms with Gasteiger partial charge >= 0.3 is 5.97 Å². The van der Waals surface area contributed by atoms with Crippen molar-refractivity contribution in [3.05, 3.63) is 47.9 Å². The highest BCUT2D eigenvalue weighted by molar-refractivity contribution is 5.95. The lowest BCUT2D eigenvalue weighted by atomic mass is 10.2. The van der Waals surface area contributed by atoms with Gasteiger partial charge < -0.3 is 15.4 Å². The number of rotatable bonds is 4. The number of halogens is 1. The molecule has 1 aromatic carbocycles. The number of nitrogen functional groups attached to an aromatic ring is 1. The number of ether oxygens (including phenoxy) is 1. The second-order valence-electron chi connectivity index (χ2n) is 4.39. The molecule has 0 bridgehead atoms. The van der Waals surface area contributed by atoms with Crippen molar-refractivity contribution < 1.29 is 13.9 Å². The molecule has 0 aliphatic carbocycles. The van der Waals surface area contributed by atoms with Crippen LogP contribution in [0.2, 0.25) is 0 Å². The zero-order valence-electron chi connectivity index (χ0n) is 11.8. The molecule has 5 nitrogen and oxygen atoms in total. The molecule has 0 aliphatic rings. The Labute approximate surface area is 122 Å². The van der Waals surface area contributed by atoms with E-state index >= 15 is 0 Å². The summed E-state index contributed by atoms with van der Waals surface area (Å²) < 4.78 is 18.2. The highest BCUT2D eigenvalue weighted by atomic mass is 19.1. The molecule has 0 fully saturated rings. The van der Waals surface area contributed by atoms with Gasteiger partial charge in [0.15, 0.2) is 0 Å². The van der Waals surface area contributed by atoms with E-state index in [1.54, 1.807) is 31.0 Å². The second kappa shape index (κ2) is 6.21. The summed E-state index contributed by atoms with van der Waals surface area (Å²) in [5, 5.41) is 0. The van der Waals surface area contributed by atoms with Gasteiger partial charge in [0.25, 0.3) is 0 Å². The van der Waals surface area contributed by atoms with Crippen LogP contribution in [-0.4, -0.2) is 24.6 Å². The molecule has 0 saturated carbocycles. The summed E-state index contributed by atoms with van der Waals surface area (Å²) >= 11 is 0. The summed E-state index contributed by atoms with van der Waals surface area (Å²) in [4.78, 5) is 17.6. The van der Waals surface area contributed by atoms with E-state index in [1.165, 1.54) is 24.4 Å².